The van der Waals surface area contributed by atoms with Gasteiger partial charge in [-0.3, -0.25) is 9.59 Å². The van der Waals surface area contributed by atoms with E-state index in [0.29, 0.717) is 6.42 Å². The number of halogens is 3. The Kier molecular flexibility index (Phi) is 5.05. The van der Waals surface area contributed by atoms with Gasteiger partial charge in [-0.05, 0) is 29.9 Å². The average molecular weight is 314 g/mol. The summed E-state index contributed by atoms with van der Waals surface area (Å²) >= 11 is 0. The van der Waals surface area contributed by atoms with Crippen LogP contribution in [-0.4, -0.2) is 31.1 Å². The fourth-order valence-corrected chi connectivity index (χ4v) is 2.63. The highest BCUT2D eigenvalue weighted by Gasteiger charge is 2.38. The minimum Gasteiger partial charge on any atom is -0.354 e. The van der Waals surface area contributed by atoms with E-state index < -0.39 is 12.1 Å². The van der Waals surface area contributed by atoms with Crippen molar-refractivity contribution < 1.29 is 22.8 Å². The van der Waals surface area contributed by atoms with Crippen LogP contribution in [0.5, 0.6) is 0 Å². The lowest BCUT2D eigenvalue weighted by molar-refractivity contribution is -0.173. The average Bonchev–Trinajstić information content (AvgIpc) is 2.86. The van der Waals surface area contributed by atoms with E-state index in [4.69, 9.17) is 0 Å². The summed E-state index contributed by atoms with van der Waals surface area (Å²) in [5.41, 5.74) is 2.42. The molecule has 0 saturated carbocycles. The molecule has 0 unspecified atom stereocenters. The zero-order valence-electron chi connectivity index (χ0n) is 11.9. The molecule has 120 valence electrons. The second kappa shape index (κ2) is 6.81. The molecule has 22 heavy (non-hydrogen) atoms. The Balaban J connectivity index is 1.70. The highest BCUT2D eigenvalue weighted by molar-refractivity contribution is 5.81. The molecule has 1 atom stereocenters. The summed E-state index contributed by atoms with van der Waals surface area (Å²) in [5, 5.41) is 4.23. The Morgan fingerprint density at radius 3 is 2.55 bits per heavy atom. The molecule has 0 aliphatic heterocycles. The summed E-state index contributed by atoms with van der Waals surface area (Å²) in [6.07, 6.45) is -2.74. The molecule has 0 heterocycles. The van der Waals surface area contributed by atoms with Gasteiger partial charge in [0.1, 0.15) is 0 Å². The van der Waals surface area contributed by atoms with Crippen molar-refractivity contribution in [3.05, 3.63) is 35.4 Å². The molecule has 4 nitrogen and oxygen atoms in total. The van der Waals surface area contributed by atoms with Gasteiger partial charge in [-0.1, -0.05) is 24.3 Å². The first-order valence-electron chi connectivity index (χ1n) is 7.07. The molecular weight excluding hydrogens is 297 g/mol. The van der Waals surface area contributed by atoms with Crippen LogP contribution in [0.25, 0.3) is 0 Å². The van der Waals surface area contributed by atoms with E-state index in [1.54, 1.807) is 5.32 Å². The fraction of sp³-hybridized carbons (Fsp3) is 0.467. The first-order valence-corrected chi connectivity index (χ1v) is 7.07. The Morgan fingerprint density at radius 1 is 1.14 bits per heavy atom. The van der Waals surface area contributed by atoms with Crippen molar-refractivity contribution in [3.63, 3.8) is 0 Å². The molecule has 0 aromatic heterocycles. The van der Waals surface area contributed by atoms with Crippen molar-refractivity contribution >= 4 is 11.8 Å². The van der Waals surface area contributed by atoms with Crippen molar-refractivity contribution in [3.8, 4) is 0 Å². The van der Waals surface area contributed by atoms with Crippen LogP contribution in [0.3, 0.4) is 0 Å². The van der Waals surface area contributed by atoms with Gasteiger partial charge in [0.25, 0.3) is 0 Å². The maximum atomic E-state index is 11.9. The van der Waals surface area contributed by atoms with Crippen LogP contribution in [0.1, 0.15) is 29.9 Å². The van der Waals surface area contributed by atoms with E-state index in [-0.39, 0.29) is 24.9 Å². The van der Waals surface area contributed by atoms with E-state index in [2.05, 4.69) is 5.32 Å². The summed E-state index contributed by atoms with van der Waals surface area (Å²) in [6.45, 7) is -0.264. The van der Waals surface area contributed by atoms with Crippen LogP contribution in [0.2, 0.25) is 0 Å². The van der Waals surface area contributed by atoms with Gasteiger partial charge in [0, 0.05) is 19.5 Å². The summed E-state index contributed by atoms with van der Waals surface area (Å²) in [7, 11) is 0. The lowest BCUT2D eigenvalue weighted by Gasteiger charge is -2.12. The third-order valence-corrected chi connectivity index (χ3v) is 3.68. The monoisotopic (exact) mass is 314 g/mol. The van der Waals surface area contributed by atoms with E-state index in [9.17, 15) is 22.8 Å². The Bertz CT molecular complexity index is 558. The topological polar surface area (TPSA) is 58.2 Å². The molecule has 0 saturated heterocycles. The second-order valence-electron chi connectivity index (χ2n) is 5.24. The van der Waals surface area contributed by atoms with Crippen molar-refractivity contribution in [2.24, 2.45) is 0 Å². The highest BCUT2D eigenvalue weighted by atomic mass is 19.4. The maximum Gasteiger partial charge on any atom is 0.471 e. The van der Waals surface area contributed by atoms with Crippen molar-refractivity contribution in [2.45, 2.75) is 31.4 Å². The maximum absolute atomic E-state index is 11.9. The van der Waals surface area contributed by atoms with E-state index in [0.717, 1.165) is 12.8 Å². The van der Waals surface area contributed by atoms with Gasteiger partial charge in [0.2, 0.25) is 5.91 Å². The molecular formula is C15H17F3N2O2. The molecule has 2 amide bonds. The molecule has 0 fully saturated rings. The quantitative estimate of drug-likeness (QED) is 0.816. The number of alkyl halides is 3. The van der Waals surface area contributed by atoms with Crippen molar-refractivity contribution in [1.29, 1.82) is 0 Å². The van der Waals surface area contributed by atoms with Crippen LogP contribution in [0.4, 0.5) is 13.2 Å². The number of benzene rings is 1. The summed E-state index contributed by atoms with van der Waals surface area (Å²) in [6, 6.07) is 7.94. The molecule has 0 radical (unpaired) electrons. The summed E-state index contributed by atoms with van der Waals surface area (Å²) in [5.74, 6) is -2.06. The Labute approximate surface area is 126 Å². The highest BCUT2D eigenvalue weighted by Crippen LogP contribution is 2.34. The normalized spacial score (nSPS) is 17.0. The van der Waals surface area contributed by atoms with E-state index >= 15 is 0 Å². The zero-order chi connectivity index (χ0) is 16.2. The van der Waals surface area contributed by atoms with Crippen molar-refractivity contribution in [1.82, 2.24) is 10.6 Å². The van der Waals surface area contributed by atoms with Gasteiger partial charge >= 0.3 is 12.1 Å². The van der Waals surface area contributed by atoms with Gasteiger partial charge < -0.3 is 10.6 Å². The minimum atomic E-state index is -4.89. The van der Waals surface area contributed by atoms with Gasteiger partial charge in [-0.2, -0.15) is 13.2 Å². The number of nitrogens with one attached hydrogen (secondary N) is 2. The predicted octanol–water partition coefficient (Wildman–Crippen LogP) is 1.90. The van der Waals surface area contributed by atoms with Gasteiger partial charge in [0.05, 0.1) is 0 Å². The van der Waals surface area contributed by atoms with Gasteiger partial charge in [0.15, 0.2) is 0 Å². The van der Waals surface area contributed by atoms with Crippen LogP contribution < -0.4 is 10.6 Å². The van der Waals surface area contributed by atoms with Gasteiger partial charge in [-0.15, -0.1) is 0 Å². The van der Waals surface area contributed by atoms with Crippen LogP contribution in [-0.2, 0) is 16.0 Å². The number of carbonyl (C=O) groups excluding carboxylic acids is 2. The lowest BCUT2D eigenvalue weighted by atomic mass is 9.97. The minimum absolute atomic E-state index is 0.0188. The largest absolute Gasteiger partial charge is 0.471 e. The SMILES string of the molecule is O=C(C[C@H]1CCc2ccccc21)NCCNC(=O)C(F)(F)F. The number of hydrogen-bond donors (Lipinski definition) is 2. The number of amides is 2. The zero-order valence-corrected chi connectivity index (χ0v) is 11.9. The lowest BCUT2D eigenvalue weighted by Crippen LogP contribution is -2.41. The van der Waals surface area contributed by atoms with Gasteiger partial charge in [-0.25, -0.2) is 0 Å². The van der Waals surface area contributed by atoms with Crippen LogP contribution in [0.15, 0.2) is 24.3 Å². The first kappa shape index (κ1) is 16.3. The second-order valence-corrected chi connectivity index (χ2v) is 5.24. The standard InChI is InChI=1S/C15H17F3N2O2/c16-15(17,18)14(22)20-8-7-19-13(21)9-11-6-5-10-3-1-2-4-12(10)11/h1-4,11H,5-9H2,(H,19,21)(H,20,22)/t11-/m1/s1. The molecule has 1 aromatic rings. The fourth-order valence-electron chi connectivity index (χ4n) is 2.63. The number of fused-ring (bicyclic) bond motifs is 1. The molecule has 1 aromatic carbocycles. The van der Waals surface area contributed by atoms with Crippen LogP contribution in [0, 0.1) is 0 Å². The molecule has 0 spiro atoms. The molecule has 1 aliphatic carbocycles. The summed E-state index contributed by atoms with van der Waals surface area (Å²) < 4.78 is 35.8. The smallest absolute Gasteiger partial charge is 0.354 e. The number of carbonyl (C=O) groups is 2. The number of rotatable bonds is 5. The molecule has 2 rings (SSSR count). The summed E-state index contributed by atoms with van der Waals surface area (Å²) in [4.78, 5) is 22.4. The number of hydrogen-bond acceptors (Lipinski definition) is 2. The van der Waals surface area contributed by atoms with E-state index in [1.165, 1.54) is 11.1 Å². The number of aryl methyl sites for hydroxylation is 1. The van der Waals surface area contributed by atoms with E-state index in [1.807, 2.05) is 24.3 Å². The first-order chi connectivity index (χ1) is 10.4. The molecule has 1 aliphatic rings. The Hall–Kier alpha value is -2.05. The Morgan fingerprint density at radius 2 is 1.82 bits per heavy atom. The third kappa shape index (κ3) is 4.22. The van der Waals surface area contributed by atoms with Crippen LogP contribution >= 0.6 is 0 Å². The molecule has 7 heteroatoms. The third-order valence-electron chi connectivity index (χ3n) is 3.68. The molecule has 2 N–H and O–H groups in total. The van der Waals surface area contributed by atoms with Crippen molar-refractivity contribution in [2.75, 3.05) is 13.1 Å². The molecule has 0 bridgehead atoms. The predicted molar refractivity (Wildman–Crippen MR) is 74.2 cm³/mol.